The fraction of sp³-hybridized carbons (Fsp3) is 0.333. The Hall–Kier alpha value is -3.02. The van der Waals surface area contributed by atoms with Crippen LogP contribution in [0.3, 0.4) is 0 Å². The lowest BCUT2D eigenvalue weighted by Gasteiger charge is -2.13. The molecule has 0 aliphatic carbocycles. The minimum absolute atomic E-state index is 0.300. The maximum atomic E-state index is 11.7. The Labute approximate surface area is 160 Å². The number of hydrogen-bond acceptors (Lipinski definition) is 4. The third-order valence-corrected chi connectivity index (χ3v) is 4.03. The molecule has 144 valence electrons. The van der Waals surface area contributed by atoms with E-state index >= 15 is 0 Å². The summed E-state index contributed by atoms with van der Waals surface area (Å²) in [5, 5.41) is 6.56. The summed E-state index contributed by atoms with van der Waals surface area (Å²) in [4.78, 5) is 15.9. The van der Waals surface area contributed by atoms with Gasteiger partial charge >= 0.3 is 5.97 Å². The van der Waals surface area contributed by atoms with Crippen LogP contribution in [-0.4, -0.2) is 39.2 Å². The van der Waals surface area contributed by atoms with E-state index in [0.29, 0.717) is 18.7 Å². The van der Waals surface area contributed by atoms with E-state index in [1.54, 1.807) is 33.2 Å². The maximum Gasteiger partial charge on any atom is 0.338 e. The molecule has 0 fully saturated rings. The van der Waals surface area contributed by atoms with Crippen molar-refractivity contribution >= 4 is 11.9 Å². The largest absolute Gasteiger partial charge is 0.496 e. The van der Waals surface area contributed by atoms with Gasteiger partial charge in [0.25, 0.3) is 0 Å². The van der Waals surface area contributed by atoms with Gasteiger partial charge < -0.3 is 20.1 Å². The van der Waals surface area contributed by atoms with Crippen LogP contribution >= 0.6 is 0 Å². The van der Waals surface area contributed by atoms with Crippen LogP contribution in [0.4, 0.5) is 0 Å². The van der Waals surface area contributed by atoms with Crippen LogP contribution in [0.1, 0.15) is 28.4 Å². The van der Waals surface area contributed by atoms with Crippen molar-refractivity contribution in [2.24, 2.45) is 4.99 Å². The van der Waals surface area contributed by atoms with Gasteiger partial charge in [0.2, 0.25) is 0 Å². The Morgan fingerprint density at radius 1 is 1.07 bits per heavy atom. The highest BCUT2D eigenvalue weighted by atomic mass is 16.5. The first kappa shape index (κ1) is 20.3. The van der Waals surface area contributed by atoms with Crippen molar-refractivity contribution in [3.63, 3.8) is 0 Å². The van der Waals surface area contributed by atoms with Crippen LogP contribution in [0.25, 0.3) is 0 Å². The number of carbonyl (C=O) groups is 1. The van der Waals surface area contributed by atoms with E-state index in [1.165, 1.54) is 0 Å². The Kier molecular flexibility index (Phi) is 8.16. The van der Waals surface area contributed by atoms with Crippen molar-refractivity contribution in [1.82, 2.24) is 10.6 Å². The van der Waals surface area contributed by atoms with Crippen molar-refractivity contribution < 1.29 is 14.3 Å². The highest BCUT2D eigenvalue weighted by molar-refractivity contribution is 5.89. The number of nitrogens with zero attached hydrogens (tertiary/aromatic N) is 1. The minimum Gasteiger partial charge on any atom is -0.496 e. The van der Waals surface area contributed by atoms with E-state index in [1.807, 2.05) is 30.3 Å². The number of ether oxygens (including phenoxy) is 2. The zero-order valence-corrected chi connectivity index (χ0v) is 16.1. The molecule has 6 heteroatoms. The van der Waals surface area contributed by atoms with Crippen molar-refractivity contribution in [3.05, 3.63) is 65.2 Å². The quantitative estimate of drug-likeness (QED) is 0.425. The van der Waals surface area contributed by atoms with E-state index in [2.05, 4.69) is 21.7 Å². The van der Waals surface area contributed by atoms with Crippen molar-refractivity contribution in [2.45, 2.75) is 19.9 Å². The zero-order chi connectivity index (χ0) is 19.5. The number of guanidine groups is 1. The van der Waals surface area contributed by atoms with E-state index in [9.17, 15) is 4.79 Å². The number of esters is 1. The average Bonchev–Trinajstić information content (AvgIpc) is 2.71. The highest BCUT2D eigenvalue weighted by Gasteiger charge is 2.06. The fourth-order valence-electron chi connectivity index (χ4n) is 2.60. The third-order valence-electron chi connectivity index (χ3n) is 4.03. The van der Waals surface area contributed by atoms with Gasteiger partial charge in [0.05, 0.1) is 19.3 Å². The number of para-hydroxylation sites is 1. The van der Waals surface area contributed by atoms with Crippen LogP contribution in [0, 0.1) is 0 Å². The summed E-state index contributed by atoms with van der Waals surface area (Å²) >= 11 is 0. The van der Waals surface area contributed by atoms with E-state index in [-0.39, 0.29) is 5.97 Å². The summed E-state index contributed by atoms with van der Waals surface area (Å²) in [6.07, 6.45) is 0.832. The van der Waals surface area contributed by atoms with Gasteiger partial charge in [-0.05, 0) is 42.7 Å². The standard InChI is InChI=1S/C21H27N3O3/c1-4-27-20(25)18-11-9-16(10-12-18)15-24-21(22-2)23-14-13-17-7-5-6-8-19(17)26-3/h5-12H,4,13-15H2,1-3H3,(H2,22,23,24). The number of hydrogen-bond donors (Lipinski definition) is 2. The molecule has 2 aromatic rings. The molecule has 0 aliphatic rings. The highest BCUT2D eigenvalue weighted by Crippen LogP contribution is 2.17. The Morgan fingerprint density at radius 3 is 2.48 bits per heavy atom. The normalized spacial score (nSPS) is 11.0. The second-order valence-electron chi connectivity index (χ2n) is 5.83. The van der Waals surface area contributed by atoms with Gasteiger partial charge in [0, 0.05) is 20.1 Å². The van der Waals surface area contributed by atoms with Crippen LogP contribution in [0.15, 0.2) is 53.5 Å². The molecule has 0 saturated heterocycles. The number of benzene rings is 2. The second kappa shape index (κ2) is 10.9. The molecule has 0 spiro atoms. The first-order valence-electron chi connectivity index (χ1n) is 9.00. The lowest BCUT2D eigenvalue weighted by Crippen LogP contribution is -2.37. The lowest BCUT2D eigenvalue weighted by atomic mass is 10.1. The van der Waals surface area contributed by atoms with Gasteiger partial charge in [-0.25, -0.2) is 4.79 Å². The molecule has 0 aromatic heterocycles. The van der Waals surface area contributed by atoms with Crippen molar-refractivity contribution in [1.29, 1.82) is 0 Å². The smallest absolute Gasteiger partial charge is 0.338 e. The number of carbonyl (C=O) groups excluding carboxylic acids is 1. The van der Waals surface area contributed by atoms with E-state index in [0.717, 1.165) is 35.8 Å². The lowest BCUT2D eigenvalue weighted by molar-refractivity contribution is 0.0526. The monoisotopic (exact) mass is 369 g/mol. The second-order valence-corrected chi connectivity index (χ2v) is 5.83. The molecule has 6 nitrogen and oxygen atoms in total. The number of nitrogens with one attached hydrogen (secondary N) is 2. The van der Waals surface area contributed by atoms with Gasteiger partial charge in [-0.1, -0.05) is 30.3 Å². The molecule has 2 aromatic carbocycles. The summed E-state index contributed by atoms with van der Waals surface area (Å²) in [5.74, 6) is 1.31. The van der Waals surface area contributed by atoms with Crippen LogP contribution < -0.4 is 15.4 Å². The molecule has 0 saturated carbocycles. The Bertz CT molecular complexity index is 758. The molecular weight excluding hydrogens is 342 g/mol. The predicted molar refractivity (Wildman–Crippen MR) is 107 cm³/mol. The van der Waals surface area contributed by atoms with Crippen molar-refractivity contribution in [2.75, 3.05) is 27.3 Å². The summed E-state index contributed by atoms with van der Waals surface area (Å²) < 4.78 is 10.4. The SMILES string of the molecule is CCOC(=O)c1ccc(CNC(=NC)NCCc2ccccc2OC)cc1. The zero-order valence-electron chi connectivity index (χ0n) is 16.1. The predicted octanol–water partition coefficient (Wildman–Crippen LogP) is 2.78. The van der Waals surface area contributed by atoms with E-state index < -0.39 is 0 Å². The number of methoxy groups -OCH3 is 1. The molecule has 0 unspecified atom stereocenters. The molecule has 0 heterocycles. The van der Waals surface area contributed by atoms with Crippen molar-refractivity contribution in [3.8, 4) is 5.75 Å². The molecule has 0 amide bonds. The summed E-state index contributed by atoms with van der Waals surface area (Å²) in [5.41, 5.74) is 2.76. The third kappa shape index (κ3) is 6.33. The number of aliphatic imine (C=N–C) groups is 1. The molecule has 0 radical (unpaired) electrons. The molecule has 2 N–H and O–H groups in total. The molecule has 0 aliphatic heterocycles. The first-order valence-corrected chi connectivity index (χ1v) is 9.00. The fourth-order valence-corrected chi connectivity index (χ4v) is 2.60. The molecule has 2 rings (SSSR count). The average molecular weight is 369 g/mol. The van der Waals surface area contributed by atoms with Gasteiger partial charge in [-0.3, -0.25) is 4.99 Å². The summed E-state index contributed by atoms with van der Waals surface area (Å²) in [6, 6.07) is 15.3. The molecule has 0 atom stereocenters. The Balaban J connectivity index is 1.81. The minimum atomic E-state index is -0.300. The van der Waals surface area contributed by atoms with Crippen LogP contribution in [0.5, 0.6) is 5.75 Å². The Morgan fingerprint density at radius 2 is 1.81 bits per heavy atom. The molecule has 0 bridgehead atoms. The summed E-state index contributed by atoms with van der Waals surface area (Å²) in [6.45, 7) is 3.51. The van der Waals surface area contributed by atoms with Gasteiger partial charge in [0.15, 0.2) is 5.96 Å². The van der Waals surface area contributed by atoms with Crippen LogP contribution in [0.2, 0.25) is 0 Å². The maximum absolute atomic E-state index is 11.7. The summed E-state index contributed by atoms with van der Waals surface area (Å²) in [7, 11) is 3.42. The van der Waals surface area contributed by atoms with Crippen LogP contribution in [-0.2, 0) is 17.7 Å². The first-order chi connectivity index (χ1) is 13.2. The molecule has 27 heavy (non-hydrogen) atoms. The molecular formula is C21H27N3O3. The van der Waals surface area contributed by atoms with E-state index in [4.69, 9.17) is 9.47 Å². The topological polar surface area (TPSA) is 72.0 Å². The number of rotatable bonds is 8. The van der Waals surface area contributed by atoms with Gasteiger partial charge in [-0.2, -0.15) is 0 Å². The van der Waals surface area contributed by atoms with Gasteiger partial charge in [-0.15, -0.1) is 0 Å². The van der Waals surface area contributed by atoms with Gasteiger partial charge in [0.1, 0.15) is 5.75 Å².